The van der Waals surface area contributed by atoms with E-state index in [1.165, 1.54) is 15.8 Å². The minimum absolute atomic E-state index is 0.109. The number of aliphatic hydroxyl groups excluding tert-OH is 1. The van der Waals surface area contributed by atoms with Crippen molar-refractivity contribution < 1.29 is 14.7 Å². The summed E-state index contributed by atoms with van der Waals surface area (Å²) in [4.78, 5) is 44.4. The number of hydrogen-bond acceptors (Lipinski definition) is 5. The molecule has 0 radical (unpaired) electrons. The Balaban J connectivity index is 1.52. The Morgan fingerprint density at radius 2 is 1.97 bits per heavy atom. The van der Waals surface area contributed by atoms with Gasteiger partial charge in [-0.1, -0.05) is 13.8 Å². The van der Waals surface area contributed by atoms with Gasteiger partial charge in [0.25, 0.3) is 11.5 Å². The third-order valence-corrected chi connectivity index (χ3v) is 7.15. The predicted molar refractivity (Wildman–Crippen MR) is 141 cm³/mol. The number of aliphatic hydroxyl groups is 1. The second-order valence-corrected chi connectivity index (χ2v) is 10.5. The van der Waals surface area contributed by atoms with Crippen LogP contribution >= 0.6 is 0 Å². The molecule has 1 aliphatic heterocycles. The van der Waals surface area contributed by atoms with Gasteiger partial charge >= 0.3 is 6.03 Å². The SMILES string of the molecule is CCNC(=O)Nc1cc(-c2ccnc(N3CCn4c(cc5c4CC(C)(C)C5)C3=O)c2CO)cn(C)c1=O. The van der Waals surface area contributed by atoms with Crippen molar-refractivity contribution in [1.82, 2.24) is 19.4 Å². The lowest BCUT2D eigenvalue weighted by molar-refractivity contribution is 0.0962. The number of pyridine rings is 2. The molecule has 3 aromatic rings. The quantitative estimate of drug-likeness (QED) is 0.493. The number of hydrogen-bond donors (Lipinski definition) is 3. The van der Waals surface area contributed by atoms with Gasteiger partial charge in [0.1, 0.15) is 17.2 Å². The molecule has 4 heterocycles. The van der Waals surface area contributed by atoms with Crippen LogP contribution in [0.3, 0.4) is 0 Å². The van der Waals surface area contributed by atoms with Crippen LogP contribution in [0.4, 0.5) is 16.3 Å². The number of nitrogens with one attached hydrogen (secondary N) is 2. The van der Waals surface area contributed by atoms with Crippen LogP contribution in [-0.2, 0) is 33.0 Å². The first-order valence-corrected chi connectivity index (χ1v) is 12.5. The summed E-state index contributed by atoms with van der Waals surface area (Å²) in [7, 11) is 1.60. The lowest BCUT2D eigenvalue weighted by Crippen LogP contribution is -2.41. The van der Waals surface area contributed by atoms with Crippen LogP contribution in [0.5, 0.6) is 0 Å². The molecule has 0 fully saturated rings. The molecule has 5 rings (SSSR count). The molecule has 0 aromatic carbocycles. The Morgan fingerprint density at radius 1 is 1.19 bits per heavy atom. The van der Waals surface area contributed by atoms with Gasteiger partial charge in [-0.25, -0.2) is 9.78 Å². The highest BCUT2D eigenvalue weighted by Gasteiger charge is 2.37. The van der Waals surface area contributed by atoms with Crippen LogP contribution in [0.1, 0.15) is 48.1 Å². The summed E-state index contributed by atoms with van der Waals surface area (Å²) in [5.41, 5.74) is 4.79. The normalized spacial score (nSPS) is 15.9. The zero-order valence-electron chi connectivity index (χ0n) is 21.6. The number of aryl methyl sites for hydroxylation is 1. The Labute approximate surface area is 214 Å². The summed E-state index contributed by atoms with van der Waals surface area (Å²) in [5, 5.41) is 15.6. The second-order valence-electron chi connectivity index (χ2n) is 10.5. The highest BCUT2D eigenvalue weighted by molar-refractivity contribution is 6.06. The molecule has 10 heteroatoms. The number of rotatable bonds is 5. The van der Waals surface area contributed by atoms with Gasteiger partial charge in [0.05, 0.1) is 6.61 Å². The minimum atomic E-state index is -0.480. The van der Waals surface area contributed by atoms with Gasteiger partial charge in [0.15, 0.2) is 0 Å². The molecule has 3 N–H and O–H groups in total. The van der Waals surface area contributed by atoms with Gasteiger partial charge in [-0.05, 0) is 54.5 Å². The fourth-order valence-corrected chi connectivity index (χ4v) is 5.53. The molecule has 3 aromatic heterocycles. The number of carbonyl (C=O) groups is 2. The van der Waals surface area contributed by atoms with E-state index in [1.54, 1.807) is 43.4 Å². The summed E-state index contributed by atoms with van der Waals surface area (Å²) in [6.07, 6.45) is 5.13. The van der Waals surface area contributed by atoms with Crippen molar-refractivity contribution >= 4 is 23.4 Å². The minimum Gasteiger partial charge on any atom is -0.392 e. The zero-order valence-corrected chi connectivity index (χ0v) is 21.6. The van der Waals surface area contributed by atoms with E-state index >= 15 is 0 Å². The van der Waals surface area contributed by atoms with Crippen molar-refractivity contribution in [3.63, 3.8) is 0 Å². The summed E-state index contributed by atoms with van der Waals surface area (Å²) >= 11 is 0. The van der Waals surface area contributed by atoms with Gasteiger partial charge in [-0.15, -0.1) is 0 Å². The lowest BCUT2D eigenvalue weighted by Gasteiger charge is -2.31. The summed E-state index contributed by atoms with van der Waals surface area (Å²) < 4.78 is 3.51. The molecule has 0 unspecified atom stereocenters. The van der Waals surface area contributed by atoms with Crippen molar-refractivity contribution in [2.24, 2.45) is 12.5 Å². The number of amides is 3. The first-order chi connectivity index (χ1) is 17.6. The molecule has 37 heavy (non-hydrogen) atoms. The predicted octanol–water partition coefficient (Wildman–Crippen LogP) is 2.67. The summed E-state index contributed by atoms with van der Waals surface area (Å²) in [5.74, 6) is 0.252. The topological polar surface area (TPSA) is 121 Å². The van der Waals surface area contributed by atoms with Crippen LogP contribution in [0.2, 0.25) is 0 Å². The van der Waals surface area contributed by atoms with Crippen LogP contribution in [0.25, 0.3) is 11.1 Å². The van der Waals surface area contributed by atoms with Gasteiger partial charge in [0, 0.05) is 55.9 Å². The van der Waals surface area contributed by atoms with Gasteiger partial charge in [0.2, 0.25) is 0 Å². The zero-order chi connectivity index (χ0) is 26.5. The summed E-state index contributed by atoms with van der Waals surface area (Å²) in [6.45, 7) is 7.44. The third-order valence-electron chi connectivity index (χ3n) is 7.15. The molecule has 2 aliphatic rings. The van der Waals surface area contributed by atoms with Crippen LogP contribution < -0.4 is 21.1 Å². The maximum atomic E-state index is 13.6. The molecule has 0 saturated carbocycles. The van der Waals surface area contributed by atoms with Gasteiger partial charge < -0.3 is 24.9 Å². The molecule has 0 atom stereocenters. The second kappa shape index (κ2) is 9.19. The average molecular weight is 505 g/mol. The highest BCUT2D eigenvalue weighted by atomic mass is 16.3. The third kappa shape index (κ3) is 4.31. The van der Waals surface area contributed by atoms with Crippen LogP contribution in [-0.4, -0.2) is 44.3 Å². The lowest BCUT2D eigenvalue weighted by atomic mass is 9.90. The molecular weight excluding hydrogens is 472 g/mol. The van der Waals surface area contributed by atoms with E-state index in [4.69, 9.17) is 0 Å². The van der Waals surface area contributed by atoms with E-state index in [1.807, 2.05) is 6.07 Å². The van der Waals surface area contributed by atoms with E-state index in [0.29, 0.717) is 47.8 Å². The fraction of sp³-hybridized carbons (Fsp3) is 0.407. The molecule has 1 aliphatic carbocycles. The molecule has 10 nitrogen and oxygen atoms in total. The monoisotopic (exact) mass is 504 g/mol. The first kappa shape index (κ1) is 24.8. The Bertz CT molecular complexity index is 1470. The van der Waals surface area contributed by atoms with Crippen molar-refractivity contribution in [1.29, 1.82) is 0 Å². The number of fused-ring (bicyclic) bond motifs is 3. The van der Waals surface area contributed by atoms with Crippen molar-refractivity contribution in [3.05, 3.63) is 63.5 Å². The Hall–Kier alpha value is -3.92. The summed E-state index contributed by atoms with van der Waals surface area (Å²) in [6, 6.07) is 4.84. The molecule has 0 bridgehead atoms. The van der Waals surface area contributed by atoms with E-state index < -0.39 is 6.03 Å². The number of aromatic nitrogens is 3. The van der Waals surface area contributed by atoms with Crippen LogP contribution in [0, 0.1) is 5.41 Å². The molecular formula is C27H32N6O4. The maximum Gasteiger partial charge on any atom is 0.319 e. The number of carbonyl (C=O) groups excluding carboxylic acids is 2. The van der Waals surface area contributed by atoms with Crippen molar-refractivity contribution in [3.8, 4) is 11.1 Å². The fourth-order valence-electron chi connectivity index (χ4n) is 5.53. The van der Waals surface area contributed by atoms with Gasteiger partial charge in [-0.3, -0.25) is 14.5 Å². The van der Waals surface area contributed by atoms with Crippen molar-refractivity contribution in [2.75, 3.05) is 23.3 Å². The smallest absolute Gasteiger partial charge is 0.319 e. The molecule has 194 valence electrons. The van der Waals surface area contributed by atoms with Gasteiger partial charge in [-0.2, -0.15) is 0 Å². The Kier molecular flexibility index (Phi) is 6.15. The first-order valence-electron chi connectivity index (χ1n) is 12.5. The number of urea groups is 1. The Morgan fingerprint density at radius 3 is 2.70 bits per heavy atom. The van der Waals surface area contributed by atoms with E-state index in [9.17, 15) is 19.5 Å². The maximum absolute atomic E-state index is 13.6. The van der Waals surface area contributed by atoms with E-state index in [2.05, 4.69) is 34.0 Å². The standard InChI is InChI=1S/C27H32N6O4/c1-5-28-26(37)30-20-10-17(14-31(4)24(20)35)18-6-7-29-23(19(18)15-34)33-9-8-32-21(25(33)36)11-16-12-27(2,3)13-22(16)32/h6-7,10-11,14,34H,5,8-9,12-13,15H2,1-4H3,(H2,28,30,37). The van der Waals surface area contributed by atoms with E-state index in [-0.39, 0.29) is 29.2 Å². The highest BCUT2D eigenvalue weighted by Crippen LogP contribution is 2.40. The largest absolute Gasteiger partial charge is 0.392 e. The molecule has 0 saturated heterocycles. The number of nitrogens with zero attached hydrogens (tertiary/aromatic N) is 4. The molecule has 3 amide bonds. The van der Waals surface area contributed by atoms with E-state index in [0.717, 1.165) is 12.8 Å². The van der Waals surface area contributed by atoms with Crippen LogP contribution in [0.15, 0.2) is 35.4 Å². The average Bonchev–Trinajstić information content (AvgIpc) is 3.34. The molecule has 0 spiro atoms. The number of anilines is 2. The van der Waals surface area contributed by atoms with Crippen molar-refractivity contribution in [2.45, 2.75) is 46.8 Å².